The fraction of sp³-hybridized carbons (Fsp3) is 0.667. The van der Waals surface area contributed by atoms with Crippen molar-refractivity contribution in [2.45, 2.75) is 50.0 Å². The predicted molar refractivity (Wildman–Crippen MR) is 69.8 cm³/mol. The molecular formula is C12H18N2O2S. The number of thioether (sulfide) groups is 1. The van der Waals surface area contributed by atoms with E-state index in [1.807, 2.05) is 6.92 Å². The maximum atomic E-state index is 12.0. The first-order chi connectivity index (χ1) is 8.24. The van der Waals surface area contributed by atoms with Crippen LogP contribution in [0.2, 0.25) is 0 Å². The zero-order valence-corrected chi connectivity index (χ0v) is 10.9. The summed E-state index contributed by atoms with van der Waals surface area (Å²) in [6.07, 6.45) is 7.19. The van der Waals surface area contributed by atoms with E-state index in [0.717, 1.165) is 31.4 Å². The Labute approximate surface area is 104 Å². The number of aromatic amines is 1. The highest BCUT2D eigenvalue weighted by molar-refractivity contribution is 7.99. The molecule has 1 aromatic heterocycles. The van der Waals surface area contributed by atoms with E-state index in [-0.39, 0.29) is 11.5 Å². The fourth-order valence-corrected chi connectivity index (χ4v) is 3.01. The summed E-state index contributed by atoms with van der Waals surface area (Å²) in [5, 5.41) is 2.98. The third-order valence-electron chi connectivity index (χ3n) is 3.21. The van der Waals surface area contributed by atoms with Gasteiger partial charge in [-0.05, 0) is 18.6 Å². The summed E-state index contributed by atoms with van der Waals surface area (Å²) in [5.74, 6) is 0.802. The number of hydrogen-bond donors (Lipinski definition) is 1. The highest BCUT2D eigenvalue weighted by Crippen LogP contribution is 2.26. The Morgan fingerprint density at radius 1 is 1.35 bits per heavy atom. The fourth-order valence-electron chi connectivity index (χ4n) is 2.34. The van der Waals surface area contributed by atoms with Gasteiger partial charge in [-0.2, -0.15) is 0 Å². The van der Waals surface area contributed by atoms with Gasteiger partial charge in [0.15, 0.2) is 0 Å². The van der Waals surface area contributed by atoms with Crippen LogP contribution in [0.15, 0.2) is 20.7 Å². The monoisotopic (exact) mass is 254 g/mol. The molecule has 1 N–H and O–H groups in total. The molecule has 0 radical (unpaired) electrons. The van der Waals surface area contributed by atoms with Crippen LogP contribution in [0.4, 0.5) is 0 Å². The van der Waals surface area contributed by atoms with E-state index in [1.54, 1.807) is 6.20 Å². The molecule has 0 aliphatic heterocycles. The smallest absolute Gasteiger partial charge is 0.301 e. The van der Waals surface area contributed by atoms with Gasteiger partial charge in [-0.1, -0.05) is 26.2 Å². The molecule has 94 valence electrons. The molecule has 0 atom stereocenters. The van der Waals surface area contributed by atoms with Crippen LogP contribution in [0.25, 0.3) is 0 Å². The summed E-state index contributed by atoms with van der Waals surface area (Å²) < 4.78 is 1.53. The molecule has 0 amide bonds. The second-order valence-electron chi connectivity index (χ2n) is 4.37. The van der Waals surface area contributed by atoms with Crippen LogP contribution in [-0.4, -0.2) is 15.5 Å². The zero-order chi connectivity index (χ0) is 12.3. The van der Waals surface area contributed by atoms with Crippen molar-refractivity contribution in [3.05, 3.63) is 26.8 Å². The summed E-state index contributed by atoms with van der Waals surface area (Å²) >= 11 is 1.41. The van der Waals surface area contributed by atoms with Gasteiger partial charge in [0, 0.05) is 6.20 Å². The van der Waals surface area contributed by atoms with Crippen molar-refractivity contribution in [1.82, 2.24) is 9.78 Å². The zero-order valence-electron chi connectivity index (χ0n) is 10.1. The van der Waals surface area contributed by atoms with Gasteiger partial charge in [0.25, 0.3) is 5.43 Å². The lowest BCUT2D eigenvalue weighted by Gasteiger charge is -2.23. The number of hydrogen-bond acceptors (Lipinski definition) is 3. The Kier molecular flexibility index (Phi) is 4.10. The molecule has 1 aliphatic rings. The summed E-state index contributed by atoms with van der Waals surface area (Å²) in [6, 6.07) is 0.185. The standard InChI is InChI=1S/C12H18N2O2S/c1-2-17-10-8-13-14(12(16)11(10)15)9-6-4-3-5-7-9/h8-9,13H,2-7H2,1H3. The van der Waals surface area contributed by atoms with Crippen molar-refractivity contribution >= 4 is 11.8 Å². The third-order valence-corrected chi connectivity index (χ3v) is 4.11. The maximum Gasteiger partial charge on any atom is 0.314 e. The summed E-state index contributed by atoms with van der Waals surface area (Å²) in [4.78, 5) is 24.3. The maximum absolute atomic E-state index is 12.0. The molecule has 0 bridgehead atoms. The number of nitrogens with zero attached hydrogens (tertiary/aromatic N) is 1. The number of aromatic nitrogens is 2. The molecule has 2 rings (SSSR count). The molecule has 17 heavy (non-hydrogen) atoms. The SMILES string of the molecule is CCSc1c[nH]n(C2CCCCC2)c(=O)c1=O. The molecule has 1 aromatic rings. The molecule has 1 fully saturated rings. The van der Waals surface area contributed by atoms with E-state index in [0.29, 0.717) is 4.90 Å². The molecule has 0 spiro atoms. The molecule has 0 unspecified atom stereocenters. The minimum Gasteiger partial charge on any atom is -0.301 e. The van der Waals surface area contributed by atoms with Gasteiger partial charge in [0.2, 0.25) is 0 Å². The molecular weight excluding hydrogens is 236 g/mol. The second kappa shape index (κ2) is 5.58. The molecule has 0 aromatic carbocycles. The first-order valence-corrected chi connectivity index (χ1v) is 7.19. The van der Waals surface area contributed by atoms with E-state index in [9.17, 15) is 9.59 Å². The van der Waals surface area contributed by atoms with Crippen LogP contribution in [0.5, 0.6) is 0 Å². The lowest BCUT2D eigenvalue weighted by Crippen LogP contribution is -2.39. The molecule has 1 saturated carbocycles. The topological polar surface area (TPSA) is 54.9 Å². The summed E-state index contributed by atoms with van der Waals surface area (Å²) in [7, 11) is 0. The van der Waals surface area contributed by atoms with E-state index in [1.165, 1.54) is 22.9 Å². The Hall–Kier alpha value is -0.970. The van der Waals surface area contributed by atoms with Gasteiger partial charge in [-0.3, -0.25) is 9.59 Å². The van der Waals surface area contributed by atoms with Crippen molar-refractivity contribution < 1.29 is 0 Å². The third kappa shape index (κ3) is 2.65. The highest BCUT2D eigenvalue weighted by Gasteiger charge is 2.18. The first-order valence-electron chi connectivity index (χ1n) is 6.21. The average Bonchev–Trinajstić information content (AvgIpc) is 2.36. The van der Waals surface area contributed by atoms with Crippen LogP contribution in [-0.2, 0) is 0 Å². The van der Waals surface area contributed by atoms with Gasteiger partial charge in [0.1, 0.15) is 0 Å². The van der Waals surface area contributed by atoms with Gasteiger partial charge in [-0.25, -0.2) is 4.68 Å². The van der Waals surface area contributed by atoms with Gasteiger partial charge in [0.05, 0.1) is 10.9 Å². The summed E-state index contributed by atoms with van der Waals surface area (Å²) in [6.45, 7) is 1.97. The van der Waals surface area contributed by atoms with Crippen molar-refractivity contribution in [1.29, 1.82) is 0 Å². The molecule has 0 saturated heterocycles. The van der Waals surface area contributed by atoms with Crippen molar-refractivity contribution in [3.63, 3.8) is 0 Å². The van der Waals surface area contributed by atoms with E-state index in [2.05, 4.69) is 5.10 Å². The molecule has 1 aliphatic carbocycles. The Morgan fingerprint density at radius 2 is 2.06 bits per heavy atom. The van der Waals surface area contributed by atoms with Crippen LogP contribution in [0.1, 0.15) is 45.1 Å². The van der Waals surface area contributed by atoms with Crippen LogP contribution in [0, 0.1) is 0 Å². The van der Waals surface area contributed by atoms with Gasteiger partial charge in [-0.15, -0.1) is 11.8 Å². The lowest BCUT2D eigenvalue weighted by molar-refractivity contribution is 0.316. The number of H-pyrrole nitrogens is 1. The van der Waals surface area contributed by atoms with E-state index >= 15 is 0 Å². The normalized spacial score (nSPS) is 17.2. The Bertz CT molecular complexity index is 486. The lowest BCUT2D eigenvalue weighted by atomic mass is 9.96. The minimum atomic E-state index is -0.393. The van der Waals surface area contributed by atoms with Crippen LogP contribution < -0.4 is 11.0 Å². The van der Waals surface area contributed by atoms with Crippen molar-refractivity contribution in [2.75, 3.05) is 5.75 Å². The van der Waals surface area contributed by atoms with Crippen LogP contribution in [0.3, 0.4) is 0 Å². The van der Waals surface area contributed by atoms with E-state index < -0.39 is 5.56 Å². The van der Waals surface area contributed by atoms with Crippen molar-refractivity contribution in [2.24, 2.45) is 0 Å². The first kappa shape index (κ1) is 12.5. The Morgan fingerprint density at radius 3 is 2.71 bits per heavy atom. The van der Waals surface area contributed by atoms with Crippen LogP contribution >= 0.6 is 11.8 Å². The molecule has 4 nitrogen and oxygen atoms in total. The quantitative estimate of drug-likeness (QED) is 0.664. The van der Waals surface area contributed by atoms with Gasteiger partial charge < -0.3 is 5.10 Å². The number of rotatable bonds is 3. The van der Waals surface area contributed by atoms with E-state index in [4.69, 9.17) is 0 Å². The molecule has 1 heterocycles. The Balaban J connectivity index is 2.33. The number of nitrogens with one attached hydrogen (secondary N) is 1. The van der Waals surface area contributed by atoms with Gasteiger partial charge >= 0.3 is 5.56 Å². The average molecular weight is 254 g/mol. The minimum absolute atomic E-state index is 0.185. The second-order valence-corrected chi connectivity index (χ2v) is 5.67. The van der Waals surface area contributed by atoms with Crippen molar-refractivity contribution in [3.8, 4) is 0 Å². The molecule has 5 heteroatoms. The predicted octanol–water partition coefficient (Wildman–Crippen LogP) is 2.15. The highest BCUT2D eigenvalue weighted by atomic mass is 32.2. The summed E-state index contributed by atoms with van der Waals surface area (Å²) in [5.41, 5.74) is -0.753. The largest absolute Gasteiger partial charge is 0.314 e.